The quantitative estimate of drug-likeness (QED) is 0.752. The first kappa shape index (κ1) is 16.3. The highest BCUT2D eigenvalue weighted by Crippen LogP contribution is 2.15. The Bertz CT molecular complexity index is 486. The van der Waals surface area contributed by atoms with Gasteiger partial charge in [-0.2, -0.15) is 0 Å². The summed E-state index contributed by atoms with van der Waals surface area (Å²) in [5.74, 6) is -1.44. The molecule has 1 rings (SSSR count). The number of nitrogens with zero attached hydrogens (tertiary/aromatic N) is 1. The van der Waals surface area contributed by atoms with Gasteiger partial charge in [0, 0.05) is 30.8 Å². The van der Waals surface area contributed by atoms with Crippen LogP contribution >= 0.6 is 0 Å². The lowest BCUT2D eigenvalue weighted by Gasteiger charge is -2.25. The second-order valence-electron chi connectivity index (χ2n) is 4.81. The normalized spacial score (nSPS) is 11.7. The van der Waals surface area contributed by atoms with E-state index in [4.69, 9.17) is 10.2 Å². The summed E-state index contributed by atoms with van der Waals surface area (Å²) in [4.78, 5) is 12.4. The Morgan fingerprint density at radius 2 is 2.15 bits per heavy atom. The Morgan fingerprint density at radius 1 is 1.45 bits per heavy atom. The van der Waals surface area contributed by atoms with Gasteiger partial charge in [0.25, 0.3) is 0 Å². The summed E-state index contributed by atoms with van der Waals surface area (Å²) in [7, 11) is 0. The Kier molecular flexibility index (Phi) is 6.35. The second-order valence-corrected chi connectivity index (χ2v) is 4.81. The van der Waals surface area contributed by atoms with Crippen molar-refractivity contribution < 1.29 is 19.4 Å². The van der Waals surface area contributed by atoms with Crippen molar-refractivity contribution in [3.8, 4) is 0 Å². The lowest BCUT2D eigenvalue weighted by atomic mass is 10.1. The zero-order valence-corrected chi connectivity index (χ0v) is 11.7. The predicted molar refractivity (Wildman–Crippen MR) is 75.7 cm³/mol. The molecule has 0 aliphatic heterocycles. The fraction of sp³-hybridized carbons (Fsp3) is 0.400. The zero-order chi connectivity index (χ0) is 15.1. The van der Waals surface area contributed by atoms with E-state index in [2.05, 4.69) is 0 Å². The third-order valence-electron chi connectivity index (χ3n) is 2.99. The van der Waals surface area contributed by atoms with Crippen molar-refractivity contribution in [2.75, 3.05) is 13.2 Å². The molecule has 0 atom stereocenters. The zero-order valence-electron chi connectivity index (χ0n) is 11.7. The molecular weight excluding hydrogens is 261 g/mol. The van der Waals surface area contributed by atoms with Gasteiger partial charge in [-0.3, -0.25) is 4.90 Å². The molecule has 0 heterocycles. The summed E-state index contributed by atoms with van der Waals surface area (Å²) in [6.07, 6.45) is 2.32. The van der Waals surface area contributed by atoms with E-state index in [1.165, 1.54) is 12.1 Å². The van der Waals surface area contributed by atoms with Crippen LogP contribution in [0.25, 0.3) is 6.08 Å². The number of carbonyl (C=O) groups is 1. The molecule has 4 nitrogen and oxygen atoms in total. The molecule has 1 aromatic rings. The minimum absolute atomic E-state index is 0.0270. The highest BCUT2D eigenvalue weighted by atomic mass is 19.1. The van der Waals surface area contributed by atoms with E-state index in [1.807, 2.05) is 18.7 Å². The lowest BCUT2D eigenvalue weighted by Crippen LogP contribution is -2.33. The molecule has 0 aliphatic rings. The average molecular weight is 281 g/mol. The van der Waals surface area contributed by atoms with Crippen LogP contribution in [0.4, 0.5) is 4.39 Å². The first-order valence-corrected chi connectivity index (χ1v) is 6.48. The van der Waals surface area contributed by atoms with Crippen LogP contribution in [0.5, 0.6) is 0 Å². The minimum Gasteiger partial charge on any atom is -0.478 e. The molecule has 0 amide bonds. The summed E-state index contributed by atoms with van der Waals surface area (Å²) in [6.45, 7) is 4.89. The van der Waals surface area contributed by atoms with Crippen molar-refractivity contribution in [1.82, 2.24) is 4.90 Å². The first-order chi connectivity index (χ1) is 9.43. The maximum Gasteiger partial charge on any atom is 0.328 e. The third kappa shape index (κ3) is 5.11. The van der Waals surface area contributed by atoms with Crippen LogP contribution in [0, 0.1) is 5.82 Å². The summed E-state index contributed by atoms with van der Waals surface area (Å²) in [5.41, 5.74) is 1.03. The second kappa shape index (κ2) is 7.77. The summed E-state index contributed by atoms with van der Waals surface area (Å²) in [6, 6.07) is 4.83. The van der Waals surface area contributed by atoms with Gasteiger partial charge in [-0.15, -0.1) is 0 Å². The van der Waals surface area contributed by atoms with Crippen molar-refractivity contribution in [2.45, 2.75) is 26.4 Å². The molecular formula is C15H20FNO3. The summed E-state index contributed by atoms with van der Waals surface area (Å²) >= 11 is 0. The number of aliphatic hydroxyl groups excluding tert-OH is 1. The lowest BCUT2D eigenvalue weighted by molar-refractivity contribution is -0.131. The number of benzene rings is 1. The van der Waals surface area contributed by atoms with E-state index in [9.17, 15) is 9.18 Å². The first-order valence-electron chi connectivity index (χ1n) is 6.48. The van der Waals surface area contributed by atoms with Crippen molar-refractivity contribution in [3.63, 3.8) is 0 Å². The van der Waals surface area contributed by atoms with E-state index >= 15 is 0 Å². The minimum atomic E-state index is -1.07. The van der Waals surface area contributed by atoms with Gasteiger partial charge in [0.1, 0.15) is 5.82 Å². The largest absolute Gasteiger partial charge is 0.478 e. The maximum atomic E-state index is 14.0. The Hall–Kier alpha value is -1.72. The average Bonchev–Trinajstić information content (AvgIpc) is 2.38. The predicted octanol–water partition coefficient (Wildman–Crippen LogP) is 2.13. The van der Waals surface area contributed by atoms with Crippen molar-refractivity contribution >= 4 is 12.0 Å². The molecule has 5 heteroatoms. The van der Waals surface area contributed by atoms with Crippen LogP contribution in [0.3, 0.4) is 0 Å². The maximum absolute atomic E-state index is 14.0. The van der Waals surface area contributed by atoms with E-state index in [1.54, 1.807) is 12.1 Å². The number of aliphatic carboxylic acids is 1. The fourth-order valence-corrected chi connectivity index (χ4v) is 1.83. The monoisotopic (exact) mass is 281 g/mol. The van der Waals surface area contributed by atoms with Gasteiger partial charge in [0.2, 0.25) is 0 Å². The molecule has 20 heavy (non-hydrogen) atoms. The van der Waals surface area contributed by atoms with E-state index < -0.39 is 5.97 Å². The molecule has 0 aromatic heterocycles. The molecule has 2 N–H and O–H groups in total. The summed E-state index contributed by atoms with van der Waals surface area (Å²) < 4.78 is 14.0. The van der Waals surface area contributed by atoms with Crippen LogP contribution in [0.2, 0.25) is 0 Å². The van der Waals surface area contributed by atoms with Crippen LogP contribution < -0.4 is 0 Å². The molecule has 0 spiro atoms. The van der Waals surface area contributed by atoms with Crippen molar-refractivity contribution in [1.29, 1.82) is 0 Å². The smallest absolute Gasteiger partial charge is 0.328 e. The number of hydrogen-bond donors (Lipinski definition) is 2. The van der Waals surface area contributed by atoms with Gasteiger partial charge in [0.15, 0.2) is 0 Å². The Morgan fingerprint density at radius 3 is 2.65 bits per heavy atom. The molecule has 0 bridgehead atoms. The number of carboxylic acids is 1. The standard InChI is InChI=1S/C15H20FNO3/c1-11(2)17(7-8-18)10-13-5-3-12(9-14(13)16)4-6-15(19)20/h3-6,9,11,18H,7-8,10H2,1-2H3,(H,19,20). The van der Waals surface area contributed by atoms with Gasteiger partial charge in [-0.1, -0.05) is 12.1 Å². The Labute approximate surface area is 118 Å². The van der Waals surface area contributed by atoms with E-state index in [0.717, 1.165) is 6.08 Å². The van der Waals surface area contributed by atoms with Crippen LogP contribution in [-0.2, 0) is 11.3 Å². The molecule has 0 unspecified atom stereocenters. The number of hydrogen-bond acceptors (Lipinski definition) is 3. The van der Waals surface area contributed by atoms with Crippen molar-refractivity contribution in [3.05, 3.63) is 41.2 Å². The highest BCUT2D eigenvalue weighted by Gasteiger charge is 2.12. The molecule has 0 radical (unpaired) electrons. The third-order valence-corrected chi connectivity index (χ3v) is 2.99. The molecule has 0 fully saturated rings. The van der Waals surface area contributed by atoms with E-state index in [-0.39, 0.29) is 18.5 Å². The van der Waals surface area contributed by atoms with Crippen molar-refractivity contribution in [2.24, 2.45) is 0 Å². The van der Waals surface area contributed by atoms with Gasteiger partial charge >= 0.3 is 5.97 Å². The highest BCUT2D eigenvalue weighted by molar-refractivity contribution is 5.85. The SMILES string of the molecule is CC(C)N(CCO)Cc1ccc(C=CC(=O)O)cc1F. The molecule has 110 valence electrons. The van der Waals surface area contributed by atoms with Gasteiger partial charge in [-0.05, 0) is 31.6 Å². The Balaban J connectivity index is 2.84. The molecule has 0 aliphatic carbocycles. The van der Waals surface area contributed by atoms with Crippen LogP contribution in [-0.4, -0.2) is 40.3 Å². The van der Waals surface area contributed by atoms with Gasteiger partial charge in [0.05, 0.1) is 6.61 Å². The number of aliphatic hydroxyl groups is 1. The fourth-order valence-electron chi connectivity index (χ4n) is 1.83. The topological polar surface area (TPSA) is 60.8 Å². The van der Waals surface area contributed by atoms with Gasteiger partial charge in [-0.25, -0.2) is 9.18 Å². The van der Waals surface area contributed by atoms with E-state index in [0.29, 0.717) is 24.2 Å². The molecule has 0 saturated carbocycles. The van der Waals surface area contributed by atoms with Crippen LogP contribution in [0.15, 0.2) is 24.3 Å². The molecule has 0 saturated heterocycles. The number of carboxylic acid groups (broad SMARTS) is 1. The molecule has 1 aromatic carbocycles. The summed E-state index contributed by atoms with van der Waals surface area (Å²) in [5, 5.41) is 17.5. The number of rotatable bonds is 7. The van der Waals surface area contributed by atoms with Crippen LogP contribution in [0.1, 0.15) is 25.0 Å². The number of halogens is 1. The van der Waals surface area contributed by atoms with Gasteiger partial charge < -0.3 is 10.2 Å².